The van der Waals surface area contributed by atoms with Crippen LogP contribution in [0.3, 0.4) is 0 Å². The standard InChI is InChI=1S/C43H26O/c1-3-11-27(12-4-1)29-19-21-31-32-22-20-30(28-13-5-2-6-14-28)26-39(32)43(38(31)25-29)36-17-9-7-16-35(36)41-37(43)24-23-34-33-15-8-10-18-40(33)44-42(34)41/h1-26H. The van der Waals surface area contributed by atoms with Crippen LogP contribution in [0.25, 0.3) is 66.4 Å². The number of furan rings is 1. The number of fused-ring (bicyclic) bond motifs is 14. The molecule has 0 N–H and O–H groups in total. The van der Waals surface area contributed by atoms with Crippen LogP contribution in [0.15, 0.2) is 162 Å². The van der Waals surface area contributed by atoms with Crippen molar-refractivity contribution in [2.45, 2.75) is 5.41 Å². The maximum Gasteiger partial charge on any atom is 0.143 e. The molecule has 0 fully saturated rings. The zero-order valence-electron chi connectivity index (χ0n) is 23.9. The summed E-state index contributed by atoms with van der Waals surface area (Å²) in [6.45, 7) is 0. The third-order valence-corrected chi connectivity index (χ3v) is 9.90. The van der Waals surface area contributed by atoms with E-state index in [1.807, 2.05) is 0 Å². The summed E-state index contributed by atoms with van der Waals surface area (Å²) in [6, 6.07) is 57.7. The van der Waals surface area contributed by atoms with Crippen LogP contribution in [0.5, 0.6) is 0 Å². The molecule has 1 heterocycles. The molecule has 1 aromatic heterocycles. The van der Waals surface area contributed by atoms with E-state index in [0.717, 1.165) is 16.6 Å². The first-order chi connectivity index (χ1) is 21.8. The van der Waals surface area contributed by atoms with E-state index < -0.39 is 5.41 Å². The molecule has 7 aromatic carbocycles. The largest absolute Gasteiger partial charge is 0.455 e. The van der Waals surface area contributed by atoms with Gasteiger partial charge in [0.15, 0.2) is 0 Å². The van der Waals surface area contributed by atoms with Gasteiger partial charge in [0.2, 0.25) is 0 Å². The molecule has 2 aliphatic rings. The molecule has 10 rings (SSSR count). The van der Waals surface area contributed by atoms with Crippen molar-refractivity contribution in [1.82, 2.24) is 0 Å². The maximum absolute atomic E-state index is 6.72. The van der Waals surface area contributed by atoms with E-state index in [0.29, 0.717) is 0 Å². The molecule has 1 spiro atoms. The second-order valence-electron chi connectivity index (χ2n) is 12.0. The Labute approximate surface area is 255 Å². The highest BCUT2D eigenvalue weighted by atomic mass is 16.3. The summed E-state index contributed by atoms with van der Waals surface area (Å²) in [4.78, 5) is 0. The summed E-state index contributed by atoms with van der Waals surface area (Å²) in [6.07, 6.45) is 0. The summed E-state index contributed by atoms with van der Waals surface area (Å²) < 4.78 is 6.72. The molecule has 204 valence electrons. The molecule has 44 heavy (non-hydrogen) atoms. The summed E-state index contributed by atoms with van der Waals surface area (Å²) in [5.74, 6) is 0. The van der Waals surface area contributed by atoms with E-state index in [4.69, 9.17) is 4.42 Å². The number of rotatable bonds is 2. The predicted molar refractivity (Wildman–Crippen MR) is 181 cm³/mol. The monoisotopic (exact) mass is 558 g/mol. The van der Waals surface area contributed by atoms with Gasteiger partial charge in [-0.3, -0.25) is 0 Å². The number of hydrogen-bond acceptors (Lipinski definition) is 1. The zero-order valence-corrected chi connectivity index (χ0v) is 23.9. The Balaban J connectivity index is 1.36. The van der Waals surface area contributed by atoms with Crippen molar-refractivity contribution in [3.63, 3.8) is 0 Å². The van der Waals surface area contributed by atoms with Crippen LogP contribution in [0, 0.1) is 0 Å². The highest BCUT2D eigenvalue weighted by Crippen LogP contribution is 2.64. The second-order valence-corrected chi connectivity index (χ2v) is 12.0. The highest BCUT2D eigenvalue weighted by Gasteiger charge is 2.52. The first-order valence-corrected chi connectivity index (χ1v) is 15.3. The van der Waals surface area contributed by atoms with Crippen LogP contribution in [-0.2, 0) is 5.41 Å². The van der Waals surface area contributed by atoms with Crippen LogP contribution < -0.4 is 0 Å². The van der Waals surface area contributed by atoms with Gasteiger partial charge in [-0.05, 0) is 79.4 Å². The molecule has 0 bridgehead atoms. The van der Waals surface area contributed by atoms with Gasteiger partial charge in [-0.1, -0.05) is 140 Å². The Morgan fingerprint density at radius 2 is 0.955 bits per heavy atom. The molecule has 0 saturated heterocycles. The van der Waals surface area contributed by atoms with Gasteiger partial charge < -0.3 is 4.42 Å². The quantitative estimate of drug-likeness (QED) is 0.206. The third-order valence-electron chi connectivity index (χ3n) is 9.90. The lowest BCUT2D eigenvalue weighted by Crippen LogP contribution is -2.26. The van der Waals surface area contributed by atoms with Crippen molar-refractivity contribution in [2.24, 2.45) is 0 Å². The van der Waals surface area contributed by atoms with Gasteiger partial charge in [-0.25, -0.2) is 0 Å². The minimum Gasteiger partial charge on any atom is -0.455 e. The van der Waals surface area contributed by atoms with E-state index in [9.17, 15) is 0 Å². The smallest absolute Gasteiger partial charge is 0.143 e. The van der Waals surface area contributed by atoms with Crippen LogP contribution in [0.1, 0.15) is 22.3 Å². The fourth-order valence-electron chi connectivity index (χ4n) is 8.07. The normalized spacial score (nSPS) is 13.6. The summed E-state index contributed by atoms with van der Waals surface area (Å²) in [7, 11) is 0. The Morgan fingerprint density at radius 1 is 0.364 bits per heavy atom. The molecule has 1 heteroatoms. The van der Waals surface area contributed by atoms with Crippen molar-refractivity contribution < 1.29 is 4.42 Å². The van der Waals surface area contributed by atoms with Gasteiger partial charge in [0.25, 0.3) is 0 Å². The van der Waals surface area contributed by atoms with Crippen molar-refractivity contribution in [1.29, 1.82) is 0 Å². The summed E-state index contributed by atoms with van der Waals surface area (Å²) >= 11 is 0. The molecule has 0 unspecified atom stereocenters. The van der Waals surface area contributed by atoms with Crippen LogP contribution in [0.4, 0.5) is 0 Å². The van der Waals surface area contributed by atoms with Gasteiger partial charge in [0, 0.05) is 16.3 Å². The lowest BCUT2D eigenvalue weighted by molar-refractivity contribution is 0.669. The van der Waals surface area contributed by atoms with Gasteiger partial charge in [-0.2, -0.15) is 0 Å². The van der Waals surface area contributed by atoms with Crippen LogP contribution in [0.2, 0.25) is 0 Å². The van der Waals surface area contributed by atoms with Gasteiger partial charge in [0.05, 0.1) is 5.41 Å². The minimum atomic E-state index is -0.473. The van der Waals surface area contributed by atoms with Crippen molar-refractivity contribution in [3.05, 3.63) is 180 Å². The van der Waals surface area contributed by atoms with Crippen LogP contribution in [-0.4, -0.2) is 0 Å². The molecular formula is C43H26O. The van der Waals surface area contributed by atoms with Crippen molar-refractivity contribution >= 4 is 21.9 Å². The van der Waals surface area contributed by atoms with Gasteiger partial charge in [0.1, 0.15) is 11.2 Å². The molecule has 0 amide bonds. The average molecular weight is 559 g/mol. The molecule has 8 aromatic rings. The lowest BCUT2D eigenvalue weighted by atomic mass is 9.70. The van der Waals surface area contributed by atoms with Gasteiger partial charge >= 0.3 is 0 Å². The summed E-state index contributed by atoms with van der Waals surface area (Å²) in [5, 5.41) is 2.33. The van der Waals surface area contributed by atoms with Crippen LogP contribution >= 0.6 is 0 Å². The third kappa shape index (κ3) is 2.98. The molecule has 0 atom stereocenters. The predicted octanol–water partition coefficient (Wildman–Crippen LogP) is 11.3. The Hall–Kier alpha value is -5.66. The SMILES string of the molecule is c1ccc(-c2ccc3c(c2)C2(c4cc(-c5ccccc5)ccc4-3)c3ccccc3-c3c2ccc2c3oc3ccccc32)cc1. The fraction of sp³-hybridized carbons (Fsp3) is 0.0233. The van der Waals surface area contributed by atoms with E-state index >= 15 is 0 Å². The second kappa shape index (κ2) is 8.69. The van der Waals surface area contributed by atoms with E-state index in [1.165, 1.54) is 72.1 Å². The van der Waals surface area contributed by atoms with Crippen molar-refractivity contribution in [2.75, 3.05) is 0 Å². The number of hydrogen-bond donors (Lipinski definition) is 0. The molecule has 0 aliphatic heterocycles. The molecule has 0 radical (unpaired) electrons. The topological polar surface area (TPSA) is 13.1 Å². The van der Waals surface area contributed by atoms with E-state index in [2.05, 4.69) is 158 Å². The van der Waals surface area contributed by atoms with E-state index in [-0.39, 0.29) is 0 Å². The molecule has 2 aliphatic carbocycles. The zero-order chi connectivity index (χ0) is 28.8. The number of para-hydroxylation sites is 1. The Morgan fingerprint density at radius 3 is 1.64 bits per heavy atom. The summed E-state index contributed by atoms with van der Waals surface area (Å²) in [5.41, 5.74) is 16.7. The Kier molecular flexibility index (Phi) is 4.71. The average Bonchev–Trinajstić information content (AvgIpc) is 3.72. The highest BCUT2D eigenvalue weighted by molar-refractivity contribution is 6.13. The maximum atomic E-state index is 6.72. The lowest BCUT2D eigenvalue weighted by Gasteiger charge is -2.31. The first-order valence-electron chi connectivity index (χ1n) is 15.3. The minimum absolute atomic E-state index is 0.473. The fourth-order valence-corrected chi connectivity index (χ4v) is 8.07. The van der Waals surface area contributed by atoms with E-state index in [1.54, 1.807) is 0 Å². The molecule has 1 nitrogen and oxygen atoms in total. The molecular weight excluding hydrogens is 532 g/mol. The van der Waals surface area contributed by atoms with Crippen molar-refractivity contribution in [3.8, 4) is 44.5 Å². The molecule has 0 saturated carbocycles. The van der Waals surface area contributed by atoms with Gasteiger partial charge in [-0.15, -0.1) is 0 Å². The Bertz CT molecular complexity index is 2340. The number of benzene rings is 7. The first kappa shape index (κ1) is 23.9.